The molecule has 100 valence electrons. The molecule has 1 aromatic heterocycles. The first kappa shape index (κ1) is 14.7. The third-order valence-electron chi connectivity index (χ3n) is 2.03. The van der Waals surface area contributed by atoms with Gasteiger partial charge in [-0.1, -0.05) is 12.2 Å². The summed E-state index contributed by atoms with van der Waals surface area (Å²) in [5.41, 5.74) is 7.02. The molecule has 3 N–H and O–H groups in total. The summed E-state index contributed by atoms with van der Waals surface area (Å²) in [6.07, 6.45) is -2.44. The van der Waals surface area contributed by atoms with Crippen molar-refractivity contribution in [2.75, 3.05) is 25.1 Å². The maximum atomic E-state index is 11.8. The van der Waals surface area contributed by atoms with Crippen molar-refractivity contribution in [2.24, 2.45) is 5.73 Å². The number of thiocarbonyl (C=S) groups is 1. The van der Waals surface area contributed by atoms with Gasteiger partial charge in [-0.25, -0.2) is 13.8 Å². The molecule has 0 aliphatic rings. The normalized spacial score (nSPS) is 10.7. The highest BCUT2D eigenvalue weighted by Gasteiger charge is 2.03. The Morgan fingerprint density at radius 3 is 2.89 bits per heavy atom. The predicted molar refractivity (Wildman–Crippen MR) is 70.2 cm³/mol. The highest BCUT2D eigenvalue weighted by Crippen LogP contribution is 2.09. The van der Waals surface area contributed by atoms with Gasteiger partial charge in [0.25, 0.3) is 6.43 Å². The van der Waals surface area contributed by atoms with E-state index in [4.69, 9.17) is 22.7 Å². The zero-order valence-electron chi connectivity index (χ0n) is 9.95. The molecular formula is C11H15F2N3OS. The molecule has 1 rings (SSSR count). The van der Waals surface area contributed by atoms with Crippen LogP contribution in [0.15, 0.2) is 12.1 Å². The van der Waals surface area contributed by atoms with E-state index in [1.165, 1.54) is 0 Å². The molecule has 0 atom stereocenters. The van der Waals surface area contributed by atoms with Gasteiger partial charge >= 0.3 is 0 Å². The lowest BCUT2D eigenvalue weighted by atomic mass is 10.2. The van der Waals surface area contributed by atoms with Crippen molar-refractivity contribution in [3.05, 3.63) is 23.4 Å². The lowest BCUT2D eigenvalue weighted by Crippen LogP contribution is -2.15. The van der Waals surface area contributed by atoms with Gasteiger partial charge in [0, 0.05) is 17.8 Å². The van der Waals surface area contributed by atoms with Gasteiger partial charge in [0.1, 0.15) is 17.4 Å². The van der Waals surface area contributed by atoms with Crippen LogP contribution in [0.1, 0.15) is 11.3 Å². The Kier molecular flexibility index (Phi) is 5.87. The van der Waals surface area contributed by atoms with E-state index in [9.17, 15) is 8.78 Å². The van der Waals surface area contributed by atoms with E-state index >= 15 is 0 Å². The van der Waals surface area contributed by atoms with E-state index in [1.54, 1.807) is 12.1 Å². The fraction of sp³-hybridized carbons (Fsp3) is 0.455. The quantitative estimate of drug-likeness (QED) is 0.586. The summed E-state index contributed by atoms with van der Waals surface area (Å²) < 4.78 is 28.3. The van der Waals surface area contributed by atoms with Crippen molar-refractivity contribution in [1.82, 2.24) is 4.98 Å². The third kappa shape index (κ3) is 5.33. The molecular weight excluding hydrogens is 260 g/mol. The molecule has 1 heterocycles. The molecule has 0 bridgehead atoms. The minimum atomic E-state index is -2.44. The first-order valence-corrected chi connectivity index (χ1v) is 5.78. The van der Waals surface area contributed by atoms with Crippen LogP contribution in [-0.4, -0.2) is 36.2 Å². The third-order valence-corrected chi connectivity index (χ3v) is 2.27. The maximum absolute atomic E-state index is 11.8. The number of hydrogen-bond donors (Lipinski definition) is 2. The van der Waals surface area contributed by atoms with E-state index < -0.39 is 13.0 Å². The molecule has 0 aromatic carbocycles. The monoisotopic (exact) mass is 275 g/mol. The zero-order chi connectivity index (χ0) is 13.5. The molecule has 0 amide bonds. The molecule has 0 unspecified atom stereocenters. The Morgan fingerprint density at radius 1 is 1.56 bits per heavy atom. The number of nitrogens with one attached hydrogen (secondary N) is 1. The van der Waals surface area contributed by atoms with Crippen molar-refractivity contribution in [1.29, 1.82) is 0 Å². The minimum Gasteiger partial charge on any atom is -0.389 e. The molecule has 7 heteroatoms. The average Bonchev–Trinajstić information content (AvgIpc) is 2.27. The van der Waals surface area contributed by atoms with Gasteiger partial charge in [-0.05, 0) is 19.1 Å². The number of anilines is 1. The Bertz CT molecular complexity index is 415. The molecule has 0 fully saturated rings. The van der Waals surface area contributed by atoms with Crippen LogP contribution in [0.3, 0.4) is 0 Å². The molecule has 4 nitrogen and oxygen atoms in total. The first-order chi connectivity index (χ1) is 8.49. The molecule has 0 radical (unpaired) electrons. The van der Waals surface area contributed by atoms with Gasteiger partial charge in [0.2, 0.25) is 0 Å². The van der Waals surface area contributed by atoms with Crippen molar-refractivity contribution >= 4 is 23.0 Å². The van der Waals surface area contributed by atoms with Crippen molar-refractivity contribution in [2.45, 2.75) is 13.3 Å². The molecule has 0 saturated heterocycles. The Labute approximate surface area is 110 Å². The van der Waals surface area contributed by atoms with Crippen molar-refractivity contribution < 1.29 is 13.5 Å². The number of ether oxygens (including phenoxy) is 1. The number of pyridine rings is 1. The number of rotatable bonds is 7. The Hall–Kier alpha value is -1.34. The molecule has 18 heavy (non-hydrogen) atoms. The van der Waals surface area contributed by atoms with Gasteiger partial charge in [-0.2, -0.15) is 0 Å². The molecule has 0 aliphatic heterocycles. The lowest BCUT2D eigenvalue weighted by molar-refractivity contribution is 0.0215. The van der Waals surface area contributed by atoms with Gasteiger partial charge < -0.3 is 15.8 Å². The zero-order valence-corrected chi connectivity index (χ0v) is 10.8. The van der Waals surface area contributed by atoms with E-state index in [1.807, 2.05) is 6.92 Å². The molecule has 1 aromatic rings. The van der Waals surface area contributed by atoms with Crippen LogP contribution < -0.4 is 11.1 Å². The largest absolute Gasteiger partial charge is 0.389 e. The molecule has 0 saturated carbocycles. The first-order valence-electron chi connectivity index (χ1n) is 5.37. The van der Waals surface area contributed by atoms with Gasteiger partial charge in [0.15, 0.2) is 0 Å². The average molecular weight is 275 g/mol. The fourth-order valence-electron chi connectivity index (χ4n) is 1.33. The van der Waals surface area contributed by atoms with Crippen LogP contribution in [0.5, 0.6) is 0 Å². The summed E-state index contributed by atoms with van der Waals surface area (Å²) in [7, 11) is 0. The fourth-order valence-corrected chi connectivity index (χ4v) is 1.44. The van der Waals surface area contributed by atoms with Crippen molar-refractivity contribution in [3.63, 3.8) is 0 Å². The summed E-state index contributed by atoms with van der Waals surface area (Å²) in [4.78, 5) is 4.51. The van der Waals surface area contributed by atoms with Gasteiger partial charge in [0.05, 0.1) is 6.61 Å². The number of aryl methyl sites for hydroxylation is 1. The summed E-state index contributed by atoms with van der Waals surface area (Å²) in [5, 5.41) is 2.96. The summed E-state index contributed by atoms with van der Waals surface area (Å²) >= 11 is 4.88. The minimum absolute atomic E-state index is 0.183. The number of hydrogen-bond acceptors (Lipinski definition) is 4. The van der Waals surface area contributed by atoms with E-state index in [0.29, 0.717) is 17.9 Å². The summed E-state index contributed by atoms with van der Waals surface area (Å²) in [5.74, 6) is 0.596. The van der Waals surface area contributed by atoms with E-state index in [2.05, 4.69) is 10.3 Å². The highest BCUT2D eigenvalue weighted by molar-refractivity contribution is 7.80. The maximum Gasteiger partial charge on any atom is 0.261 e. The topological polar surface area (TPSA) is 60.2 Å². The predicted octanol–water partition coefficient (Wildman–Crippen LogP) is 1.72. The summed E-state index contributed by atoms with van der Waals surface area (Å²) in [6, 6.07) is 3.49. The number of nitrogens with zero attached hydrogens (tertiary/aromatic N) is 1. The molecule has 0 aliphatic carbocycles. The smallest absolute Gasteiger partial charge is 0.261 e. The molecule has 0 spiro atoms. The second-order valence-electron chi connectivity index (χ2n) is 3.64. The number of nitrogens with two attached hydrogens (primary N) is 1. The standard InChI is InChI=1S/C11H15F2N3OS/c1-7-4-8(11(14)18)5-10(16-7)15-2-3-17-6-9(12)13/h4-5,9H,2-3,6H2,1H3,(H2,14,18)(H,15,16). The Balaban J connectivity index is 2.44. The number of alkyl halides is 2. The van der Waals surface area contributed by atoms with Crippen LogP contribution >= 0.6 is 12.2 Å². The van der Waals surface area contributed by atoms with Gasteiger partial charge in [-0.3, -0.25) is 0 Å². The lowest BCUT2D eigenvalue weighted by Gasteiger charge is -2.09. The number of aromatic nitrogens is 1. The Morgan fingerprint density at radius 2 is 2.28 bits per heavy atom. The van der Waals surface area contributed by atoms with Crippen LogP contribution in [0, 0.1) is 6.92 Å². The van der Waals surface area contributed by atoms with Crippen LogP contribution in [0.2, 0.25) is 0 Å². The SMILES string of the molecule is Cc1cc(C(N)=S)cc(NCCOCC(F)F)n1. The van der Waals surface area contributed by atoms with Crippen LogP contribution in [0.25, 0.3) is 0 Å². The van der Waals surface area contributed by atoms with Crippen LogP contribution in [-0.2, 0) is 4.74 Å². The van der Waals surface area contributed by atoms with Gasteiger partial charge in [-0.15, -0.1) is 0 Å². The second kappa shape index (κ2) is 7.17. The van der Waals surface area contributed by atoms with Crippen molar-refractivity contribution in [3.8, 4) is 0 Å². The van der Waals surface area contributed by atoms with E-state index in [0.717, 1.165) is 5.69 Å². The highest BCUT2D eigenvalue weighted by atomic mass is 32.1. The second-order valence-corrected chi connectivity index (χ2v) is 4.08. The van der Waals surface area contributed by atoms with Crippen LogP contribution in [0.4, 0.5) is 14.6 Å². The summed E-state index contributed by atoms with van der Waals surface area (Å²) in [6.45, 7) is 1.84. The van der Waals surface area contributed by atoms with E-state index in [-0.39, 0.29) is 11.6 Å². The number of halogens is 2.